The molecule has 0 saturated heterocycles. The van der Waals surface area contributed by atoms with Crippen LogP contribution < -0.4 is 21.1 Å². The molecule has 0 aromatic heterocycles. The summed E-state index contributed by atoms with van der Waals surface area (Å²) in [4.78, 5) is 2.28. The largest absolute Gasteiger partial charge is 0.356 e. The van der Waals surface area contributed by atoms with Gasteiger partial charge in [0.25, 0.3) is 0 Å². The standard InChI is InChI=1S/C30H24B2IN2/c33-31-32(24-13-4-1-5-14-24)29-21-10-11-22-30(29)34-25-15-12-20-28(23-25)35(26-16-6-2-7-17-26)27-18-8-3-9-19-27/h1-23,34H. The van der Waals surface area contributed by atoms with Gasteiger partial charge in [-0.25, -0.2) is 0 Å². The van der Waals surface area contributed by atoms with Gasteiger partial charge in [-0.15, -0.1) is 0 Å². The summed E-state index contributed by atoms with van der Waals surface area (Å²) in [6, 6.07) is 48.8. The lowest BCUT2D eigenvalue weighted by Gasteiger charge is -2.26. The number of nitrogens with one attached hydrogen (secondary N) is 1. The summed E-state index contributed by atoms with van der Waals surface area (Å²) in [5.74, 6) is 0. The van der Waals surface area contributed by atoms with E-state index in [1.807, 2.05) is 0 Å². The lowest BCUT2D eigenvalue weighted by molar-refractivity contribution is 1.28. The van der Waals surface area contributed by atoms with E-state index in [2.05, 4.69) is 177 Å². The Kier molecular flexibility index (Phi) is 7.54. The zero-order chi connectivity index (χ0) is 23.9. The first kappa shape index (κ1) is 23.3. The van der Waals surface area contributed by atoms with E-state index in [-0.39, 0.29) is 6.60 Å². The van der Waals surface area contributed by atoms with Gasteiger partial charge in [-0.3, -0.25) is 0 Å². The van der Waals surface area contributed by atoms with Crippen LogP contribution >= 0.6 is 22.4 Å². The Morgan fingerprint density at radius 3 is 1.74 bits per heavy atom. The second-order valence-corrected chi connectivity index (χ2v) is 9.00. The summed E-state index contributed by atoms with van der Waals surface area (Å²) in [7, 11) is 0. The molecule has 0 unspecified atom stereocenters. The summed E-state index contributed by atoms with van der Waals surface area (Å²) >= 11 is 2.37. The van der Waals surface area contributed by atoms with Gasteiger partial charge in [0.05, 0.1) is 0 Å². The van der Waals surface area contributed by atoms with Crippen LogP contribution in [0.5, 0.6) is 0 Å². The van der Waals surface area contributed by atoms with Gasteiger partial charge in [0.1, 0.15) is 0 Å². The molecular formula is C30H24B2IN2. The predicted molar refractivity (Wildman–Crippen MR) is 162 cm³/mol. The molecule has 5 aromatic rings. The second-order valence-electron chi connectivity index (χ2n) is 8.28. The van der Waals surface area contributed by atoms with Crippen molar-refractivity contribution in [2.24, 2.45) is 0 Å². The van der Waals surface area contributed by atoms with Crippen LogP contribution in [0.15, 0.2) is 140 Å². The van der Waals surface area contributed by atoms with Crippen LogP contribution in [0.25, 0.3) is 0 Å². The lowest BCUT2D eigenvalue weighted by atomic mass is 9.26. The third-order valence-electron chi connectivity index (χ3n) is 5.99. The summed E-state index contributed by atoms with van der Waals surface area (Å²) in [5, 5.41) is 5.94. The Bertz CT molecular complexity index is 1330. The number of hydrogen-bond donors (Lipinski definition) is 1. The molecule has 5 rings (SSSR count). The highest BCUT2D eigenvalue weighted by molar-refractivity contribution is 14.1. The first-order valence-corrected chi connectivity index (χ1v) is 12.9. The molecule has 0 bridgehead atoms. The van der Waals surface area contributed by atoms with Crippen molar-refractivity contribution in [2.45, 2.75) is 0 Å². The van der Waals surface area contributed by atoms with E-state index in [9.17, 15) is 0 Å². The Labute approximate surface area is 222 Å². The topological polar surface area (TPSA) is 15.3 Å². The molecule has 0 aliphatic heterocycles. The van der Waals surface area contributed by atoms with Crippen LogP contribution in [0.1, 0.15) is 0 Å². The molecule has 0 aliphatic carbocycles. The van der Waals surface area contributed by atoms with Crippen molar-refractivity contribution < 1.29 is 0 Å². The van der Waals surface area contributed by atoms with Crippen molar-refractivity contribution in [3.05, 3.63) is 140 Å². The molecule has 0 heterocycles. The number of anilines is 5. The molecule has 2 nitrogen and oxygen atoms in total. The van der Waals surface area contributed by atoms with Crippen molar-refractivity contribution in [1.29, 1.82) is 0 Å². The zero-order valence-corrected chi connectivity index (χ0v) is 21.4. The fourth-order valence-electron chi connectivity index (χ4n) is 4.34. The third-order valence-corrected chi connectivity index (χ3v) is 6.71. The first-order valence-electron chi connectivity index (χ1n) is 11.7. The summed E-state index contributed by atoms with van der Waals surface area (Å²) in [6.45, 7) is 0.203. The monoisotopic (exact) mass is 561 g/mol. The van der Waals surface area contributed by atoms with Crippen LogP contribution in [-0.2, 0) is 0 Å². The van der Waals surface area contributed by atoms with Crippen LogP contribution in [-0.4, -0.2) is 11.6 Å². The number of nitrogens with zero attached hydrogens (tertiary/aromatic N) is 1. The van der Waals surface area contributed by atoms with Crippen molar-refractivity contribution in [3.63, 3.8) is 0 Å². The molecule has 0 atom stereocenters. The molecule has 0 saturated carbocycles. The number of para-hydroxylation sites is 3. The van der Waals surface area contributed by atoms with Crippen LogP contribution in [0, 0.1) is 0 Å². The summed E-state index contributed by atoms with van der Waals surface area (Å²) < 4.78 is 0. The number of hydrogen-bond acceptors (Lipinski definition) is 2. The van der Waals surface area contributed by atoms with Gasteiger partial charge < -0.3 is 10.2 Å². The Hall–Kier alpha value is -3.44. The van der Waals surface area contributed by atoms with E-state index in [4.69, 9.17) is 0 Å². The highest BCUT2D eigenvalue weighted by Crippen LogP contribution is 2.35. The van der Waals surface area contributed by atoms with Crippen molar-refractivity contribution in [2.75, 3.05) is 10.2 Å². The molecule has 0 amide bonds. The first-order chi connectivity index (χ1) is 17.3. The SMILES string of the molecule is I[B]B(c1ccccc1)c1ccccc1Nc1cccc(N(c2ccccc2)c2ccccc2)c1. The summed E-state index contributed by atoms with van der Waals surface area (Å²) in [6.07, 6.45) is 0. The molecule has 167 valence electrons. The Morgan fingerprint density at radius 2 is 1.11 bits per heavy atom. The van der Waals surface area contributed by atoms with E-state index < -0.39 is 0 Å². The number of rotatable bonds is 8. The molecular weight excluding hydrogens is 537 g/mol. The highest BCUT2D eigenvalue weighted by atomic mass is 127. The molecule has 5 heteroatoms. The maximum absolute atomic E-state index is 3.71. The van der Waals surface area contributed by atoms with Gasteiger partial charge in [-0.1, -0.05) is 102 Å². The van der Waals surface area contributed by atoms with Crippen molar-refractivity contribution in [3.8, 4) is 0 Å². The average Bonchev–Trinajstić information content (AvgIpc) is 2.92. The van der Waals surface area contributed by atoms with Gasteiger partial charge in [-0.2, -0.15) is 22.4 Å². The van der Waals surface area contributed by atoms with E-state index in [1.54, 1.807) is 0 Å². The minimum atomic E-state index is 0.203. The Balaban J connectivity index is 1.51. The van der Waals surface area contributed by atoms with Crippen LogP contribution in [0.2, 0.25) is 0 Å². The van der Waals surface area contributed by atoms with E-state index in [1.165, 1.54) is 10.9 Å². The van der Waals surface area contributed by atoms with Crippen LogP contribution in [0.4, 0.5) is 28.4 Å². The fraction of sp³-hybridized carbons (Fsp3) is 0. The molecule has 0 aliphatic rings. The minimum Gasteiger partial charge on any atom is -0.356 e. The molecule has 0 fully saturated rings. The van der Waals surface area contributed by atoms with Crippen molar-refractivity contribution >= 4 is 73.4 Å². The number of halogens is 1. The van der Waals surface area contributed by atoms with Gasteiger partial charge in [0.15, 0.2) is 11.6 Å². The quantitative estimate of drug-likeness (QED) is 0.161. The van der Waals surface area contributed by atoms with Gasteiger partial charge in [0, 0.05) is 28.4 Å². The van der Waals surface area contributed by atoms with Gasteiger partial charge in [0.2, 0.25) is 0 Å². The van der Waals surface area contributed by atoms with E-state index >= 15 is 0 Å². The summed E-state index contributed by atoms with van der Waals surface area (Å²) in [5.41, 5.74) is 8.04. The second kappa shape index (κ2) is 11.3. The predicted octanol–water partition coefficient (Wildman–Crippen LogP) is 7.06. The zero-order valence-electron chi connectivity index (χ0n) is 19.3. The Morgan fingerprint density at radius 1 is 0.571 bits per heavy atom. The van der Waals surface area contributed by atoms with E-state index in [0.717, 1.165) is 28.4 Å². The van der Waals surface area contributed by atoms with Gasteiger partial charge in [-0.05, 0) is 48.5 Å². The normalized spacial score (nSPS) is 10.4. The van der Waals surface area contributed by atoms with Crippen molar-refractivity contribution in [1.82, 2.24) is 0 Å². The highest BCUT2D eigenvalue weighted by Gasteiger charge is 2.21. The lowest BCUT2D eigenvalue weighted by Crippen LogP contribution is -2.46. The van der Waals surface area contributed by atoms with Gasteiger partial charge >= 0.3 is 0 Å². The maximum Gasteiger partial charge on any atom is 0.188 e. The van der Waals surface area contributed by atoms with Crippen LogP contribution in [0.3, 0.4) is 0 Å². The third kappa shape index (κ3) is 5.46. The molecule has 1 radical (unpaired) electrons. The molecule has 1 N–H and O–H groups in total. The van der Waals surface area contributed by atoms with E-state index in [0.29, 0.717) is 0 Å². The molecule has 5 aromatic carbocycles. The maximum atomic E-state index is 3.71. The average molecular weight is 561 g/mol. The minimum absolute atomic E-state index is 0.203. The molecule has 0 spiro atoms. The molecule has 35 heavy (non-hydrogen) atoms. The smallest absolute Gasteiger partial charge is 0.188 e. The number of benzene rings is 5. The fourth-order valence-corrected chi connectivity index (χ4v) is 5.14.